The van der Waals surface area contributed by atoms with Crippen LogP contribution in [0, 0.1) is 0 Å². The molecule has 0 fully saturated rings. The summed E-state index contributed by atoms with van der Waals surface area (Å²) < 4.78 is 5.98. The topological polar surface area (TPSA) is 64.1 Å². The number of nitrogens with one attached hydrogen (secondary N) is 1. The van der Waals surface area contributed by atoms with Crippen molar-refractivity contribution in [2.75, 3.05) is 12.4 Å². The van der Waals surface area contributed by atoms with E-state index in [4.69, 9.17) is 4.74 Å². The molecule has 1 N–H and O–H groups in total. The number of ether oxygens (including phenoxy) is 1. The lowest BCUT2D eigenvalue weighted by Gasteiger charge is -2.07. The highest BCUT2D eigenvalue weighted by Gasteiger charge is 2.14. The summed E-state index contributed by atoms with van der Waals surface area (Å²) in [4.78, 5) is 12.2. The van der Waals surface area contributed by atoms with Gasteiger partial charge in [-0.3, -0.25) is 10.1 Å². The molecule has 0 saturated carbocycles. The number of hydrogen-bond acceptors (Lipinski definition) is 5. The molecule has 1 aromatic carbocycles. The Labute approximate surface area is 123 Å². The number of anilines is 1. The quantitative estimate of drug-likeness (QED) is 0.927. The lowest BCUT2D eigenvalue weighted by Crippen LogP contribution is -2.13. The Hall–Kier alpha value is -1.47. The fraction of sp³-hybridized carbons (Fsp3) is 0.250. The second-order valence-electron chi connectivity index (χ2n) is 3.65. The first-order valence-electron chi connectivity index (χ1n) is 5.61. The molecule has 0 radical (unpaired) electrons. The maximum absolute atomic E-state index is 12.2. The molecule has 0 aliphatic rings. The highest BCUT2D eigenvalue weighted by molar-refractivity contribution is 9.10. The van der Waals surface area contributed by atoms with Gasteiger partial charge in [-0.1, -0.05) is 34.2 Å². The Morgan fingerprint density at radius 3 is 2.89 bits per heavy atom. The van der Waals surface area contributed by atoms with Gasteiger partial charge in [0.05, 0.1) is 12.7 Å². The third-order valence-electron chi connectivity index (χ3n) is 2.40. The Morgan fingerprint density at radius 2 is 2.26 bits per heavy atom. The minimum absolute atomic E-state index is 0.267. The maximum atomic E-state index is 12.2. The molecule has 7 heteroatoms. The van der Waals surface area contributed by atoms with Gasteiger partial charge in [-0.25, -0.2) is 0 Å². The van der Waals surface area contributed by atoms with Gasteiger partial charge in [0.25, 0.3) is 5.91 Å². The predicted octanol–water partition coefficient (Wildman–Crippen LogP) is 3.12. The van der Waals surface area contributed by atoms with Crippen molar-refractivity contribution in [2.45, 2.75) is 13.3 Å². The highest BCUT2D eigenvalue weighted by Crippen LogP contribution is 2.24. The van der Waals surface area contributed by atoms with Crippen LogP contribution in [0.3, 0.4) is 0 Å². The molecule has 0 atom stereocenters. The molecule has 0 aliphatic heterocycles. The van der Waals surface area contributed by atoms with E-state index >= 15 is 0 Å². The summed E-state index contributed by atoms with van der Waals surface area (Å²) in [6, 6.07) is 5.25. The first kappa shape index (κ1) is 14.0. The second-order valence-corrected chi connectivity index (χ2v) is 5.63. The molecule has 1 heterocycles. The number of aromatic nitrogens is 2. The van der Waals surface area contributed by atoms with E-state index < -0.39 is 0 Å². The molecule has 19 heavy (non-hydrogen) atoms. The van der Waals surface area contributed by atoms with E-state index in [2.05, 4.69) is 31.4 Å². The van der Waals surface area contributed by atoms with Crippen molar-refractivity contribution in [2.24, 2.45) is 0 Å². The zero-order valence-corrected chi connectivity index (χ0v) is 12.8. The van der Waals surface area contributed by atoms with Gasteiger partial charge in [0.2, 0.25) is 5.13 Å². The van der Waals surface area contributed by atoms with Gasteiger partial charge in [-0.05, 0) is 24.6 Å². The second kappa shape index (κ2) is 6.12. The molecule has 0 saturated heterocycles. The molecule has 0 bridgehead atoms. The van der Waals surface area contributed by atoms with E-state index in [0.717, 1.165) is 15.9 Å². The first-order valence-corrected chi connectivity index (χ1v) is 7.22. The van der Waals surface area contributed by atoms with Crippen LogP contribution in [-0.2, 0) is 6.42 Å². The van der Waals surface area contributed by atoms with E-state index in [1.54, 1.807) is 12.1 Å². The van der Waals surface area contributed by atoms with Gasteiger partial charge in [-0.15, -0.1) is 10.2 Å². The van der Waals surface area contributed by atoms with Crippen LogP contribution < -0.4 is 10.1 Å². The number of rotatable bonds is 4. The average Bonchev–Trinajstić information content (AvgIpc) is 2.86. The van der Waals surface area contributed by atoms with Crippen molar-refractivity contribution < 1.29 is 9.53 Å². The normalized spacial score (nSPS) is 10.3. The van der Waals surface area contributed by atoms with E-state index in [1.165, 1.54) is 18.4 Å². The number of carbonyl (C=O) groups excluding carboxylic acids is 1. The fourth-order valence-electron chi connectivity index (χ4n) is 1.47. The van der Waals surface area contributed by atoms with Gasteiger partial charge in [0.1, 0.15) is 10.8 Å². The summed E-state index contributed by atoms with van der Waals surface area (Å²) in [5.74, 6) is 0.248. The average molecular weight is 342 g/mol. The molecule has 0 unspecified atom stereocenters. The zero-order valence-electron chi connectivity index (χ0n) is 10.4. The number of aryl methyl sites for hydroxylation is 1. The monoisotopic (exact) mass is 341 g/mol. The molecule has 2 rings (SSSR count). The van der Waals surface area contributed by atoms with Crippen LogP contribution in [0.5, 0.6) is 5.75 Å². The number of halogens is 1. The Bertz CT molecular complexity index is 600. The number of nitrogens with zero attached hydrogens (tertiary/aromatic N) is 2. The Balaban J connectivity index is 2.21. The fourth-order valence-corrected chi connectivity index (χ4v) is 2.50. The SMILES string of the molecule is CCc1nnc(NC(=O)c2cc(Br)ccc2OC)s1. The van der Waals surface area contributed by atoms with Crippen molar-refractivity contribution in [1.29, 1.82) is 0 Å². The summed E-state index contributed by atoms with van der Waals surface area (Å²) in [5, 5.41) is 12.0. The molecular formula is C12H12BrN3O2S. The van der Waals surface area contributed by atoms with Crippen LogP contribution in [0.4, 0.5) is 5.13 Å². The van der Waals surface area contributed by atoms with Crippen LogP contribution >= 0.6 is 27.3 Å². The smallest absolute Gasteiger partial charge is 0.261 e. The number of amides is 1. The van der Waals surface area contributed by atoms with Gasteiger partial charge in [-0.2, -0.15) is 0 Å². The first-order chi connectivity index (χ1) is 9.13. The van der Waals surface area contributed by atoms with Crippen molar-refractivity contribution in [1.82, 2.24) is 10.2 Å². The number of methoxy groups -OCH3 is 1. The van der Waals surface area contributed by atoms with Crippen LogP contribution in [0.25, 0.3) is 0 Å². The molecule has 0 aliphatic carbocycles. The van der Waals surface area contributed by atoms with Crippen LogP contribution in [0.2, 0.25) is 0 Å². The zero-order chi connectivity index (χ0) is 13.8. The van der Waals surface area contributed by atoms with E-state index in [-0.39, 0.29) is 5.91 Å². The lowest BCUT2D eigenvalue weighted by atomic mass is 10.2. The van der Waals surface area contributed by atoms with Crippen LogP contribution in [-0.4, -0.2) is 23.2 Å². The molecule has 5 nitrogen and oxygen atoms in total. The summed E-state index contributed by atoms with van der Waals surface area (Å²) in [6.45, 7) is 1.99. The minimum atomic E-state index is -0.267. The highest BCUT2D eigenvalue weighted by atomic mass is 79.9. The van der Waals surface area contributed by atoms with E-state index in [9.17, 15) is 4.79 Å². The summed E-state index contributed by atoms with van der Waals surface area (Å²) in [5.41, 5.74) is 0.449. The maximum Gasteiger partial charge on any atom is 0.261 e. The number of carbonyl (C=O) groups is 1. The molecule has 1 aromatic heterocycles. The van der Waals surface area contributed by atoms with Crippen molar-refractivity contribution in [3.05, 3.63) is 33.2 Å². The van der Waals surface area contributed by atoms with Gasteiger partial charge < -0.3 is 4.74 Å². The van der Waals surface area contributed by atoms with Crippen molar-refractivity contribution in [3.8, 4) is 5.75 Å². The predicted molar refractivity (Wildman–Crippen MR) is 77.9 cm³/mol. The summed E-state index contributed by atoms with van der Waals surface area (Å²) >= 11 is 4.70. The van der Waals surface area contributed by atoms with Gasteiger partial charge in [0.15, 0.2) is 0 Å². The van der Waals surface area contributed by atoms with Gasteiger partial charge >= 0.3 is 0 Å². The molecule has 1 amide bonds. The van der Waals surface area contributed by atoms with E-state index in [0.29, 0.717) is 16.4 Å². The lowest BCUT2D eigenvalue weighted by molar-refractivity contribution is 0.102. The summed E-state index contributed by atoms with van der Waals surface area (Å²) in [6.07, 6.45) is 0.799. The number of benzene rings is 1. The Morgan fingerprint density at radius 1 is 1.47 bits per heavy atom. The van der Waals surface area contributed by atoms with Gasteiger partial charge in [0, 0.05) is 4.47 Å². The van der Waals surface area contributed by atoms with Crippen molar-refractivity contribution in [3.63, 3.8) is 0 Å². The molecule has 0 spiro atoms. The largest absolute Gasteiger partial charge is 0.496 e. The third kappa shape index (κ3) is 3.30. The number of hydrogen-bond donors (Lipinski definition) is 1. The molecule has 100 valence electrons. The minimum Gasteiger partial charge on any atom is -0.496 e. The molecular weight excluding hydrogens is 330 g/mol. The van der Waals surface area contributed by atoms with Crippen LogP contribution in [0.15, 0.2) is 22.7 Å². The standard InChI is InChI=1S/C12H12BrN3O2S/c1-3-10-15-16-12(19-10)14-11(17)8-6-7(13)4-5-9(8)18-2/h4-6H,3H2,1-2H3,(H,14,16,17). The molecule has 2 aromatic rings. The van der Waals surface area contributed by atoms with E-state index in [1.807, 2.05) is 13.0 Å². The summed E-state index contributed by atoms with van der Waals surface area (Å²) in [7, 11) is 1.53. The van der Waals surface area contributed by atoms with Crippen LogP contribution in [0.1, 0.15) is 22.3 Å². The van der Waals surface area contributed by atoms with Crippen molar-refractivity contribution >= 4 is 38.3 Å². The Kier molecular flexibility index (Phi) is 4.49. The third-order valence-corrected chi connectivity index (χ3v) is 3.87.